The highest BCUT2D eigenvalue weighted by atomic mass is 16.4. The Morgan fingerprint density at radius 2 is 1.78 bits per heavy atom. The Kier molecular flexibility index (Phi) is 5.34. The lowest BCUT2D eigenvalue weighted by Crippen LogP contribution is -2.44. The Bertz CT molecular complexity index is 362. The molecule has 2 atom stereocenters. The molecule has 0 spiro atoms. The van der Waals surface area contributed by atoms with E-state index in [-0.39, 0.29) is 35.6 Å². The summed E-state index contributed by atoms with van der Waals surface area (Å²) in [7, 11) is 0. The number of carboxylic acids is 1. The maximum absolute atomic E-state index is 11.9. The normalized spacial score (nSPS) is 25.3. The lowest BCUT2D eigenvalue weighted by molar-refractivity contribution is -0.133. The number of aliphatic carboxylic acids is 1. The molecule has 1 fully saturated rings. The zero-order valence-electron chi connectivity index (χ0n) is 10.9. The van der Waals surface area contributed by atoms with Gasteiger partial charge < -0.3 is 15.5 Å². The van der Waals surface area contributed by atoms with Crippen molar-refractivity contribution >= 4 is 11.9 Å². The van der Waals surface area contributed by atoms with Gasteiger partial charge in [0.25, 0.3) is 0 Å². The summed E-state index contributed by atoms with van der Waals surface area (Å²) in [6.07, 6.45) is 3.85. The van der Waals surface area contributed by atoms with E-state index in [2.05, 4.69) is 5.32 Å². The smallest absolute Gasteiger partial charge is 0.331 e. The predicted molar refractivity (Wildman–Crippen MR) is 67.0 cm³/mol. The van der Waals surface area contributed by atoms with Crippen LogP contribution in [0, 0.1) is 5.92 Å². The first-order chi connectivity index (χ1) is 8.47. The number of carboxylic acid groups (broad SMARTS) is 1. The summed E-state index contributed by atoms with van der Waals surface area (Å²) in [5, 5.41) is 20.9. The van der Waals surface area contributed by atoms with Crippen molar-refractivity contribution in [2.75, 3.05) is 6.61 Å². The molecule has 2 unspecified atom stereocenters. The van der Waals surface area contributed by atoms with Crippen LogP contribution in [0.4, 0.5) is 0 Å². The van der Waals surface area contributed by atoms with Gasteiger partial charge in [0.05, 0.1) is 0 Å². The molecule has 0 aromatic rings. The number of nitrogens with one attached hydrogen (secondary N) is 1. The minimum absolute atomic E-state index is 0.0483. The van der Waals surface area contributed by atoms with E-state index in [1.165, 1.54) is 13.8 Å². The highest BCUT2D eigenvalue weighted by Crippen LogP contribution is 2.24. The largest absolute Gasteiger partial charge is 0.478 e. The van der Waals surface area contributed by atoms with Crippen LogP contribution in [0.3, 0.4) is 0 Å². The fourth-order valence-corrected chi connectivity index (χ4v) is 2.22. The molecule has 0 radical (unpaired) electrons. The molecule has 0 aliphatic heterocycles. The SMILES string of the molecule is CC(C(=O)O)=C(C)C(=O)NC1CCCCC1CO. The maximum atomic E-state index is 11.9. The van der Waals surface area contributed by atoms with Crippen LogP contribution < -0.4 is 5.32 Å². The summed E-state index contributed by atoms with van der Waals surface area (Å²) in [6, 6.07) is -0.0483. The van der Waals surface area contributed by atoms with Gasteiger partial charge in [-0.25, -0.2) is 4.79 Å². The number of hydrogen-bond acceptors (Lipinski definition) is 3. The number of hydrogen-bond donors (Lipinski definition) is 3. The average molecular weight is 255 g/mol. The van der Waals surface area contributed by atoms with E-state index in [9.17, 15) is 14.7 Å². The van der Waals surface area contributed by atoms with Crippen LogP contribution >= 0.6 is 0 Å². The second kappa shape index (κ2) is 6.54. The third kappa shape index (κ3) is 3.57. The summed E-state index contributed by atoms with van der Waals surface area (Å²) >= 11 is 0. The van der Waals surface area contributed by atoms with Gasteiger partial charge in [-0.1, -0.05) is 12.8 Å². The molecule has 1 saturated carbocycles. The first-order valence-corrected chi connectivity index (χ1v) is 6.29. The van der Waals surface area contributed by atoms with Crippen LogP contribution in [0.2, 0.25) is 0 Å². The van der Waals surface area contributed by atoms with E-state index < -0.39 is 5.97 Å². The molecule has 1 amide bonds. The van der Waals surface area contributed by atoms with Crippen molar-refractivity contribution < 1.29 is 19.8 Å². The molecule has 1 aliphatic rings. The molecule has 1 aliphatic carbocycles. The van der Waals surface area contributed by atoms with Crippen molar-refractivity contribution in [1.82, 2.24) is 5.32 Å². The first-order valence-electron chi connectivity index (χ1n) is 6.29. The molecule has 0 heterocycles. The Morgan fingerprint density at radius 1 is 1.17 bits per heavy atom. The molecular weight excluding hydrogens is 234 g/mol. The molecule has 0 aromatic heterocycles. The standard InChI is InChI=1S/C13H21NO4/c1-8(9(2)13(17)18)12(16)14-11-6-4-3-5-10(11)7-15/h10-11,15H,3-7H2,1-2H3,(H,14,16)(H,17,18). The van der Waals surface area contributed by atoms with Gasteiger partial charge in [-0.3, -0.25) is 4.79 Å². The van der Waals surface area contributed by atoms with Crippen molar-refractivity contribution in [1.29, 1.82) is 0 Å². The average Bonchev–Trinajstić information content (AvgIpc) is 2.37. The van der Waals surface area contributed by atoms with Crippen molar-refractivity contribution in [2.45, 2.75) is 45.6 Å². The highest BCUT2D eigenvalue weighted by molar-refractivity contribution is 6.01. The van der Waals surface area contributed by atoms with E-state index >= 15 is 0 Å². The summed E-state index contributed by atoms with van der Waals surface area (Å²) in [6.45, 7) is 2.99. The van der Waals surface area contributed by atoms with Crippen molar-refractivity contribution in [3.63, 3.8) is 0 Å². The molecule has 0 aromatic carbocycles. The summed E-state index contributed by atoms with van der Waals surface area (Å²) < 4.78 is 0. The maximum Gasteiger partial charge on any atom is 0.331 e. The number of rotatable bonds is 4. The van der Waals surface area contributed by atoms with E-state index in [0.29, 0.717) is 0 Å². The van der Waals surface area contributed by atoms with Crippen molar-refractivity contribution in [3.8, 4) is 0 Å². The van der Waals surface area contributed by atoms with E-state index in [1.54, 1.807) is 0 Å². The number of aliphatic hydroxyl groups excluding tert-OH is 1. The molecule has 1 rings (SSSR count). The van der Waals surface area contributed by atoms with Gasteiger partial charge in [0, 0.05) is 29.7 Å². The van der Waals surface area contributed by atoms with Crippen LogP contribution in [0.5, 0.6) is 0 Å². The molecule has 5 heteroatoms. The molecular formula is C13H21NO4. The molecule has 0 saturated heterocycles. The number of carbonyl (C=O) groups excluding carboxylic acids is 1. The monoisotopic (exact) mass is 255 g/mol. The fourth-order valence-electron chi connectivity index (χ4n) is 2.22. The van der Waals surface area contributed by atoms with Gasteiger partial charge in [-0.2, -0.15) is 0 Å². The first kappa shape index (κ1) is 14.7. The molecule has 0 bridgehead atoms. The van der Waals surface area contributed by atoms with E-state index in [1.807, 2.05) is 0 Å². The van der Waals surface area contributed by atoms with E-state index in [0.717, 1.165) is 25.7 Å². The van der Waals surface area contributed by atoms with Crippen LogP contribution in [-0.2, 0) is 9.59 Å². The Labute approximate surface area is 107 Å². The number of aliphatic hydroxyl groups is 1. The van der Waals surface area contributed by atoms with Gasteiger partial charge >= 0.3 is 5.97 Å². The Balaban J connectivity index is 2.69. The zero-order valence-corrected chi connectivity index (χ0v) is 10.9. The molecule has 5 nitrogen and oxygen atoms in total. The van der Waals surface area contributed by atoms with Crippen LogP contribution in [0.1, 0.15) is 39.5 Å². The minimum Gasteiger partial charge on any atom is -0.478 e. The fraction of sp³-hybridized carbons (Fsp3) is 0.692. The molecule has 102 valence electrons. The number of carbonyl (C=O) groups is 2. The quantitative estimate of drug-likeness (QED) is 0.656. The summed E-state index contributed by atoms with van der Waals surface area (Å²) in [4.78, 5) is 22.7. The molecule has 3 N–H and O–H groups in total. The van der Waals surface area contributed by atoms with E-state index in [4.69, 9.17) is 5.11 Å². The predicted octanol–water partition coefficient (Wildman–Crippen LogP) is 1.07. The lowest BCUT2D eigenvalue weighted by Gasteiger charge is -2.31. The summed E-state index contributed by atoms with van der Waals surface area (Å²) in [5.74, 6) is -1.34. The van der Waals surface area contributed by atoms with Gasteiger partial charge in [-0.15, -0.1) is 0 Å². The van der Waals surface area contributed by atoms with Crippen molar-refractivity contribution in [3.05, 3.63) is 11.1 Å². The van der Waals surface area contributed by atoms with Crippen LogP contribution in [-0.4, -0.2) is 34.7 Å². The second-order valence-corrected chi connectivity index (χ2v) is 4.86. The van der Waals surface area contributed by atoms with Gasteiger partial charge in [0.1, 0.15) is 0 Å². The van der Waals surface area contributed by atoms with Crippen LogP contribution in [0.15, 0.2) is 11.1 Å². The third-order valence-corrected chi connectivity index (χ3v) is 3.68. The third-order valence-electron chi connectivity index (χ3n) is 3.68. The lowest BCUT2D eigenvalue weighted by atomic mass is 9.85. The van der Waals surface area contributed by atoms with Crippen LogP contribution in [0.25, 0.3) is 0 Å². The van der Waals surface area contributed by atoms with Gasteiger partial charge in [-0.05, 0) is 26.7 Å². The Morgan fingerprint density at radius 3 is 2.33 bits per heavy atom. The topological polar surface area (TPSA) is 86.6 Å². The highest BCUT2D eigenvalue weighted by Gasteiger charge is 2.26. The number of amides is 1. The minimum atomic E-state index is -1.08. The Hall–Kier alpha value is -1.36. The zero-order chi connectivity index (χ0) is 13.7. The molecule has 18 heavy (non-hydrogen) atoms. The van der Waals surface area contributed by atoms with Gasteiger partial charge in [0.15, 0.2) is 0 Å². The summed E-state index contributed by atoms with van der Waals surface area (Å²) in [5.41, 5.74) is 0.286. The van der Waals surface area contributed by atoms with Crippen molar-refractivity contribution in [2.24, 2.45) is 5.92 Å². The van der Waals surface area contributed by atoms with Gasteiger partial charge in [0.2, 0.25) is 5.91 Å². The second-order valence-electron chi connectivity index (χ2n) is 4.86.